The van der Waals surface area contributed by atoms with Gasteiger partial charge in [-0.2, -0.15) is 0 Å². The number of hydrogen-bond acceptors (Lipinski definition) is 5. The lowest BCUT2D eigenvalue weighted by Gasteiger charge is -2.42. The van der Waals surface area contributed by atoms with Crippen LogP contribution in [0.3, 0.4) is 0 Å². The summed E-state index contributed by atoms with van der Waals surface area (Å²) in [4.78, 5) is 8.56. The normalized spacial score (nSPS) is 19.2. The first kappa shape index (κ1) is 13.8. The number of rotatable bonds is 4. The fraction of sp³-hybridized carbons (Fsp3) is 0.769. The SMILES string of the molecule is CCc1nc(N2CCOCC2(C)C)sc1CNC. The van der Waals surface area contributed by atoms with Gasteiger partial charge in [0.2, 0.25) is 0 Å². The summed E-state index contributed by atoms with van der Waals surface area (Å²) in [6.07, 6.45) is 0.998. The molecule has 0 aliphatic carbocycles. The number of anilines is 1. The zero-order valence-electron chi connectivity index (χ0n) is 11.7. The lowest BCUT2D eigenvalue weighted by Crippen LogP contribution is -2.53. The van der Waals surface area contributed by atoms with Crippen LogP contribution in [0.15, 0.2) is 0 Å². The summed E-state index contributed by atoms with van der Waals surface area (Å²) in [5.74, 6) is 0. The summed E-state index contributed by atoms with van der Waals surface area (Å²) >= 11 is 1.81. The number of thiazole rings is 1. The molecule has 2 heterocycles. The van der Waals surface area contributed by atoms with Gasteiger partial charge in [0.15, 0.2) is 5.13 Å². The minimum absolute atomic E-state index is 0.0397. The summed E-state index contributed by atoms with van der Waals surface area (Å²) in [5.41, 5.74) is 1.27. The van der Waals surface area contributed by atoms with Crippen molar-refractivity contribution >= 4 is 16.5 Å². The molecule has 0 spiro atoms. The van der Waals surface area contributed by atoms with Crippen molar-refractivity contribution in [3.8, 4) is 0 Å². The summed E-state index contributed by atoms with van der Waals surface area (Å²) in [7, 11) is 1.98. The molecular weight excluding hydrogens is 246 g/mol. The van der Waals surface area contributed by atoms with Gasteiger partial charge in [-0.3, -0.25) is 0 Å². The number of ether oxygens (including phenoxy) is 1. The van der Waals surface area contributed by atoms with Gasteiger partial charge in [-0.1, -0.05) is 6.92 Å². The van der Waals surface area contributed by atoms with Gasteiger partial charge >= 0.3 is 0 Å². The van der Waals surface area contributed by atoms with Gasteiger partial charge in [0.25, 0.3) is 0 Å². The van der Waals surface area contributed by atoms with Gasteiger partial charge in [-0.15, -0.1) is 11.3 Å². The van der Waals surface area contributed by atoms with Crippen LogP contribution in [0.4, 0.5) is 5.13 Å². The fourth-order valence-electron chi connectivity index (χ4n) is 2.27. The predicted octanol–water partition coefficient (Wildman–Crippen LogP) is 2.04. The fourth-order valence-corrected chi connectivity index (χ4v) is 3.62. The number of nitrogens with one attached hydrogen (secondary N) is 1. The Labute approximate surface area is 113 Å². The van der Waals surface area contributed by atoms with Gasteiger partial charge in [0, 0.05) is 18.0 Å². The van der Waals surface area contributed by atoms with Gasteiger partial charge in [0.1, 0.15) is 0 Å². The van der Waals surface area contributed by atoms with Crippen molar-refractivity contribution in [3.05, 3.63) is 10.6 Å². The Morgan fingerprint density at radius 2 is 2.28 bits per heavy atom. The van der Waals surface area contributed by atoms with Crippen molar-refractivity contribution in [1.29, 1.82) is 0 Å². The Kier molecular flexibility index (Phi) is 4.25. The van der Waals surface area contributed by atoms with Crippen LogP contribution in [0.25, 0.3) is 0 Å². The van der Waals surface area contributed by atoms with Crippen molar-refractivity contribution in [2.75, 3.05) is 31.7 Å². The van der Waals surface area contributed by atoms with E-state index < -0.39 is 0 Å². The molecule has 18 heavy (non-hydrogen) atoms. The molecule has 2 rings (SSSR count). The van der Waals surface area contributed by atoms with Gasteiger partial charge < -0.3 is 15.0 Å². The summed E-state index contributed by atoms with van der Waals surface area (Å²) in [6, 6.07) is 0. The average Bonchev–Trinajstić information content (AvgIpc) is 2.72. The van der Waals surface area contributed by atoms with Crippen molar-refractivity contribution < 1.29 is 4.74 Å². The van der Waals surface area contributed by atoms with E-state index in [1.165, 1.54) is 10.6 Å². The summed E-state index contributed by atoms with van der Waals surface area (Å²) in [6.45, 7) is 10.0. The molecule has 1 aliphatic rings. The van der Waals surface area contributed by atoms with E-state index in [0.29, 0.717) is 0 Å². The molecule has 0 bridgehead atoms. The molecule has 5 heteroatoms. The lowest BCUT2D eigenvalue weighted by molar-refractivity contribution is 0.0643. The number of hydrogen-bond donors (Lipinski definition) is 1. The molecule has 0 saturated carbocycles. The maximum absolute atomic E-state index is 5.57. The van der Waals surface area contributed by atoms with Crippen LogP contribution in [-0.2, 0) is 17.7 Å². The highest BCUT2D eigenvalue weighted by Gasteiger charge is 2.32. The molecule has 1 aliphatic heterocycles. The zero-order valence-corrected chi connectivity index (χ0v) is 12.6. The Bertz CT molecular complexity index is 403. The van der Waals surface area contributed by atoms with E-state index in [1.807, 2.05) is 18.4 Å². The van der Waals surface area contributed by atoms with Crippen LogP contribution in [0.2, 0.25) is 0 Å². The predicted molar refractivity (Wildman–Crippen MR) is 76.5 cm³/mol. The van der Waals surface area contributed by atoms with Gasteiger partial charge in [0.05, 0.1) is 24.4 Å². The maximum Gasteiger partial charge on any atom is 0.186 e. The molecule has 1 fully saturated rings. The van der Waals surface area contributed by atoms with E-state index >= 15 is 0 Å². The quantitative estimate of drug-likeness (QED) is 0.907. The van der Waals surface area contributed by atoms with E-state index in [1.54, 1.807) is 0 Å². The molecule has 0 amide bonds. The molecule has 102 valence electrons. The minimum Gasteiger partial charge on any atom is -0.377 e. The Morgan fingerprint density at radius 3 is 2.89 bits per heavy atom. The number of aromatic nitrogens is 1. The standard InChI is InChI=1S/C13H23N3OS/c1-5-10-11(8-14-4)18-12(15-10)16-6-7-17-9-13(16,2)3/h14H,5-9H2,1-4H3. The monoisotopic (exact) mass is 269 g/mol. The zero-order chi connectivity index (χ0) is 13.2. The van der Waals surface area contributed by atoms with Crippen LogP contribution in [0, 0.1) is 0 Å². The van der Waals surface area contributed by atoms with E-state index in [9.17, 15) is 0 Å². The molecule has 0 aromatic carbocycles. The van der Waals surface area contributed by atoms with Crippen LogP contribution in [-0.4, -0.2) is 37.3 Å². The van der Waals surface area contributed by atoms with Crippen molar-refractivity contribution in [1.82, 2.24) is 10.3 Å². The Hall–Kier alpha value is -0.650. The smallest absolute Gasteiger partial charge is 0.186 e. The largest absolute Gasteiger partial charge is 0.377 e. The highest BCUT2D eigenvalue weighted by atomic mass is 32.1. The van der Waals surface area contributed by atoms with Crippen LogP contribution < -0.4 is 10.2 Å². The first-order valence-electron chi connectivity index (χ1n) is 6.57. The second-order valence-corrected chi connectivity index (χ2v) is 6.33. The molecular formula is C13H23N3OS. The number of aryl methyl sites for hydroxylation is 1. The van der Waals surface area contributed by atoms with Gasteiger partial charge in [-0.25, -0.2) is 4.98 Å². The summed E-state index contributed by atoms with van der Waals surface area (Å²) < 4.78 is 5.57. The molecule has 0 unspecified atom stereocenters. The second kappa shape index (κ2) is 5.55. The van der Waals surface area contributed by atoms with Crippen molar-refractivity contribution in [2.45, 2.75) is 39.3 Å². The molecule has 1 aromatic rings. The van der Waals surface area contributed by atoms with Gasteiger partial charge in [-0.05, 0) is 27.3 Å². The third-order valence-corrected chi connectivity index (χ3v) is 4.44. The van der Waals surface area contributed by atoms with E-state index in [-0.39, 0.29) is 5.54 Å². The van der Waals surface area contributed by atoms with E-state index in [0.717, 1.165) is 37.9 Å². The molecule has 1 N–H and O–H groups in total. The molecule has 0 radical (unpaired) electrons. The third kappa shape index (κ3) is 2.68. The van der Waals surface area contributed by atoms with E-state index in [4.69, 9.17) is 9.72 Å². The lowest BCUT2D eigenvalue weighted by atomic mass is 10.0. The first-order valence-corrected chi connectivity index (χ1v) is 7.38. The average molecular weight is 269 g/mol. The Balaban J connectivity index is 2.26. The highest BCUT2D eigenvalue weighted by Crippen LogP contribution is 2.32. The number of nitrogens with zero attached hydrogens (tertiary/aromatic N) is 2. The van der Waals surface area contributed by atoms with Crippen LogP contribution >= 0.6 is 11.3 Å². The van der Waals surface area contributed by atoms with Crippen molar-refractivity contribution in [2.24, 2.45) is 0 Å². The van der Waals surface area contributed by atoms with Crippen LogP contribution in [0.5, 0.6) is 0 Å². The van der Waals surface area contributed by atoms with Crippen LogP contribution in [0.1, 0.15) is 31.3 Å². The first-order chi connectivity index (χ1) is 8.58. The second-order valence-electron chi connectivity index (χ2n) is 5.27. The molecule has 1 aromatic heterocycles. The molecule has 1 saturated heterocycles. The van der Waals surface area contributed by atoms with Crippen molar-refractivity contribution in [3.63, 3.8) is 0 Å². The number of morpholine rings is 1. The van der Waals surface area contributed by atoms with E-state index in [2.05, 4.69) is 31.0 Å². The Morgan fingerprint density at radius 1 is 1.50 bits per heavy atom. The maximum atomic E-state index is 5.57. The summed E-state index contributed by atoms with van der Waals surface area (Å²) in [5, 5.41) is 4.37. The molecule has 4 nitrogen and oxygen atoms in total. The highest BCUT2D eigenvalue weighted by molar-refractivity contribution is 7.15. The minimum atomic E-state index is 0.0397. The topological polar surface area (TPSA) is 37.4 Å². The third-order valence-electron chi connectivity index (χ3n) is 3.32. The molecule has 0 atom stereocenters.